The Balaban J connectivity index is 1.60. The third-order valence-corrected chi connectivity index (χ3v) is 25.2. The van der Waals surface area contributed by atoms with Crippen molar-refractivity contribution in [2.45, 2.75) is 427 Å². The molecule has 0 fully saturated rings. The molecule has 0 saturated carbocycles. The number of aromatic nitrogens is 3. The van der Waals surface area contributed by atoms with E-state index in [1.807, 2.05) is 54.6 Å². The van der Waals surface area contributed by atoms with Crippen molar-refractivity contribution < 1.29 is 85.3 Å². The highest BCUT2D eigenvalue weighted by Gasteiger charge is 2.18. The zero-order valence-corrected chi connectivity index (χ0v) is 91.0. The number of unbranched alkanes of at least 4 members (excludes halogenated alkanes) is 54. The van der Waals surface area contributed by atoms with Crippen LogP contribution in [0.25, 0.3) is 0 Å². The van der Waals surface area contributed by atoms with Crippen molar-refractivity contribution in [3.8, 4) is 34.5 Å². The van der Waals surface area contributed by atoms with Gasteiger partial charge in [0, 0.05) is 74.9 Å². The number of nitrogens with one attached hydrogen (secondary N) is 3. The number of rotatable bonds is 114. The third-order valence-electron chi connectivity index (χ3n) is 25.2. The van der Waals surface area contributed by atoms with Crippen LogP contribution in [0.1, 0.15) is 427 Å². The van der Waals surface area contributed by atoms with Crippen LogP contribution in [-0.2, 0) is 56.8 Å². The Morgan fingerprint density at radius 2 is 0.270 bits per heavy atom. The quantitative estimate of drug-likeness (QED) is 0.0348. The predicted molar refractivity (Wildman–Crippen MR) is 583 cm³/mol. The molecule has 1 heterocycles. The van der Waals surface area contributed by atoms with E-state index in [2.05, 4.69) is 57.5 Å². The van der Waals surface area contributed by atoms with E-state index in [-0.39, 0.29) is 37.7 Å². The van der Waals surface area contributed by atoms with E-state index in [0.29, 0.717) is 190 Å². The van der Waals surface area contributed by atoms with Gasteiger partial charge in [0.05, 0.1) is 119 Å². The van der Waals surface area contributed by atoms with E-state index in [1.54, 1.807) is 0 Å². The number of benzene rings is 3. The van der Waals surface area contributed by atoms with Crippen LogP contribution >= 0.6 is 0 Å². The standard InChI is InChI=1S/C117H210N6O18/c1-7-13-19-25-31-37-43-49-55-61-73-124-79-85-130-91-97-136-109-70-67-106(103-112(109)139-100-94-133-88-82-127-76-64-58-52-46-40-34-28-22-16-10-4)118-115-121-116(119-107-68-71-110(137-98-92-131-86-80-125-74-62-56-50-44-38-32-26-20-14-8-2)113(104-107)140-101-95-134-89-83-128-77-65-59-53-47-41-35-29-23-17-11-5)123-117(122-115)120-108-69-72-111(138-99-93-132-87-81-126-75-63-57-51-45-39-33-27-21-15-9-3)114(105-108)141-102-96-135-90-84-129-78-66-60-54-48-42-36-30-24-18-12-6/h67-72,103-105H,7-66,73-102H2,1-6H3,(H3,118,119,120,121,122,123). The molecule has 0 aliphatic rings. The van der Waals surface area contributed by atoms with Gasteiger partial charge in [0.25, 0.3) is 0 Å². The first-order valence-electron chi connectivity index (χ1n) is 58.2. The van der Waals surface area contributed by atoms with Gasteiger partial charge in [-0.15, -0.1) is 0 Å². The first-order chi connectivity index (χ1) is 70.0. The molecule has 4 rings (SSSR count). The van der Waals surface area contributed by atoms with Crippen molar-refractivity contribution in [1.82, 2.24) is 15.0 Å². The van der Waals surface area contributed by atoms with Crippen LogP contribution in [0.5, 0.6) is 34.5 Å². The van der Waals surface area contributed by atoms with Gasteiger partial charge in [-0.2, -0.15) is 15.0 Å². The Morgan fingerprint density at radius 1 is 0.142 bits per heavy atom. The van der Waals surface area contributed by atoms with Gasteiger partial charge in [0.15, 0.2) is 34.5 Å². The summed E-state index contributed by atoms with van der Waals surface area (Å²) in [4.78, 5) is 15.1. The molecule has 0 unspecified atom stereocenters. The monoisotopic (exact) mass is 1990 g/mol. The second kappa shape index (κ2) is 102. The minimum Gasteiger partial charge on any atom is -0.487 e. The summed E-state index contributed by atoms with van der Waals surface area (Å²) in [5.74, 6) is 3.78. The summed E-state index contributed by atoms with van der Waals surface area (Å²) in [7, 11) is 0. The summed E-state index contributed by atoms with van der Waals surface area (Å²) in [6.07, 6.45) is 77.3. The molecule has 0 amide bonds. The minimum absolute atomic E-state index is 0.218. The number of hydrogen-bond acceptors (Lipinski definition) is 24. The van der Waals surface area contributed by atoms with Gasteiger partial charge < -0.3 is 101 Å². The lowest BCUT2D eigenvalue weighted by atomic mass is 10.1. The number of ether oxygens (including phenoxy) is 18. The van der Waals surface area contributed by atoms with Crippen LogP contribution in [-0.4, -0.2) is 213 Å². The maximum absolute atomic E-state index is 6.53. The van der Waals surface area contributed by atoms with Crippen LogP contribution in [0.2, 0.25) is 0 Å². The zero-order chi connectivity index (χ0) is 99.9. The maximum atomic E-state index is 6.53. The molecule has 4 aromatic rings. The summed E-state index contributed by atoms with van der Waals surface area (Å²) in [6.45, 7) is 27.9. The van der Waals surface area contributed by atoms with Gasteiger partial charge in [-0.05, 0) is 74.9 Å². The fourth-order valence-corrected chi connectivity index (χ4v) is 16.7. The van der Waals surface area contributed by atoms with Crippen molar-refractivity contribution in [3.05, 3.63) is 54.6 Å². The Kier molecular flexibility index (Phi) is 92.0. The first kappa shape index (κ1) is 128. The summed E-state index contributed by atoms with van der Waals surface area (Å²) in [5.41, 5.74) is 1.87. The van der Waals surface area contributed by atoms with E-state index in [1.165, 1.54) is 347 Å². The largest absolute Gasteiger partial charge is 0.487 e. The van der Waals surface area contributed by atoms with E-state index >= 15 is 0 Å². The second-order valence-corrected chi connectivity index (χ2v) is 38.2. The van der Waals surface area contributed by atoms with Crippen molar-refractivity contribution in [2.75, 3.05) is 214 Å². The molecule has 0 aliphatic heterocycles. The van der Waals surface area contributed by atoms with Crippen LogP contribution < -0.4 is 44.4 Å². The minimum atomic E-state index is 0.218. The molecule has 3 aromatic carbocycles. The number of nitrogens with zero attached hydrogens (tertiary/aromatic N) is 3. The maximum Gasteiger partial charge on any atom is 0.233 e. The molecule has 0 spiro atoms. The highest BCUT2D eigenvalue weighted by Crippen LogP contribution is 2.36. The van der Waals surface area contributed by atoms with Crippen LogP contribution in [0, 0.1) is 0 Å². The molecule has 0 radical (unpaired) electrons. The zero-order valence-electron chi connectivity index (χ0n) is 91.0. The van der Waals surface area contributed by atoms with E-state index in [9.17, 15) is 0 Å². The molecule has 0 bridgehead atoms. The van der Waals surface area contributed by atoms with Gasteiger partial charge in [-0.3, -0.25) is 0 Å². The summed E-state index contributed by atoms with van der Waals surface area (Å²) < 4.78 is 111. The van der Waals surface area contributed by atoms with E-state index in [4.69, 9.17) is 100 Å². The number of anilines is 6. The average molecular weight is 1990 g/mol. The molecule has 0 aliphatic carbocycles. The Hall–Kier alpha value is -5.61. The molecular formula is C117H210N6O18. The molecular weight excluding hydrogens is 1780 g/mol. The predicted octanol–water partition coefficient (Wildman–Crippen LogP) is 31.1. The fourth-order valence-electron chi connectivity index (χ4n) is 16.7. The molecule has 0 saturated heterocycles. The lowest BCUT2D eigenvalue weighted by molar-refractivity contribution is 0.0320. The Bertz CT molecular complexity index is 2940. The number of hydrogen-bond donors (Lipinski definition) is 3. The Morgan fingerprint density at radius 3 is 0.426 bits per heavy atom. The molecule has 1 aromatic heterocycles. The van der Waals surface area contributed by atoms with Gasteiger partial charge in [-0.1, -0.05) is 388 Å². The summed E-state index contributed by atoms with van der Waals surface area (Å²) in [6, 6.07) is 17.0. The van der Waals surface area contributed by atoms with Crippen molar-refractivity contribution in [2.24, 2.45) is 0 Å². The van der Waals surface area contributed by atoms with E-state index in [0.717, 1.165) is 78.2 Å². The molecule has 141 heavy (non-hydrogen) atoms. The van der Waals surface area contributed by atoms with Crippen molar-refractivity contribution in [1.29, 1.82) is 0 Å². The van der Waals surface area contributed by atoms with Gasteiger partial charge in [0.1, 0.15) is 39.6 Å². The van der Waals surface area contributed by atoms with Crippen LogP contribution in [0.3, 0.4) is 0 Å². The SMILES string of the molecule is CCCCCCCCCCCCOCCOCCOc1ccc(Nc2nc(Nc3ccc(OCCOCCOCCCCCCCCCCCC)c(OCCOCCOCCCCCCCCCCCC)c3)nc(Nc3ccc(OCCOCCOCCCCCCCCCCCC)c(OCCOCCOCCCCCCCCCCCC)c3)n2)cc1OCCOCCOCCCCCCCCCCCC. The van der Waals surface area contributed by atoms with Crippen LogP contribution in [0.15, 0.2) is 54.6 Å². The smallest absolute Gasteiger partial charge is 0.233 e. The molecule has 24 heteroatoms. The summed E-state index contributed by atoms with van der Waals surface area (Å²) in [5, 5.41) is 10.5. The van der Waals surface area contributed by atoms with Crippen molar-refractivity contribution in [3.63, 3.8) is 0 Å². The van der Waals surface area contributed by atoms with Crippen molar-refractivity contribution >= 4 is 34.9 Å². The topological polar surface area (TPSA) is 241 Å². The fraction of sp³-hybridized carbons (Fsp3) is 0.821. The summed E-state index contributed by atoms with van der Waals surface area (Å²) >= 11 is 0. The first-order valence-corrected chi connectivity index (χ1v) is 58.2. The lowest BCUT2D eigenvalue weighted by Gasteiger charge is -2.17. The van der Waals surface area contributed by atoms with E-state index < -0.39 is 0 Å². The van der Waals surface area contributed by atoms with Crippen LogP contribution in [0.4, 0.5) is 34.9 Å². The lowest BCUT2D eigenvalue weighted by Crippen LogP contribution is -2.14. The highest BCUT2D eigenvalue weighted by atomic mass is 16.6. The van der Waals surface area contributed by atoms with Gasteiger partial charge in [0.2, 0.25) is 17.8 Å². The van der Waals surface area contributed by atoms with Gasteiger partial charge >= 0.3 is 0 Å². The second-order valence-electron chi connectivity index (χ2n) is 38.2. The average Bonchev–Trinajstić information content (AvgIpc) is 0.816. The molecule has 0 atom stereocenters. The Labute approximate surface area is 860 Å². The highest BCUT2D eigenvalue weighted by molar-refractivity contribution is 5.66. The normalized spacial score (nSPS) is 11.5. The molecule has 816 valence electrons. The molecule has 3 N–H and O–H groups in total. The molecule has 24 nitrogen and oxygen atoms in total. The van der Waals surface area contributed by atoms with Gasteiger partial charge in [-0.25, -0.2) is 0 Å². The third kappa shape index (κ3) is 80.2.